The normalized spacial score (nSPS) is 11.8. The van der Waals surface area contributed by atoms with Crippen LogP contribution < -0.4 is 5.73 Å². The molecule has 0 radical (unpaired) electrons. The van der Waals surface area contributed by atoms with Crippen LogP contribution in [0.25, 0.3) is 0 Å². The van der Waals surface area contributed by atoms with Gasteiger partial charge in [-0.25, -0.2) is 0 Å². The summed E-state index contributed by atoms with van der Waals surface area (Å²) < 4.78 is 39.8. The number of benzene rings is 1. The third-order valence-electron chi connectivity index (χ3n) is 2.04. The summed E-state index contributed by atoms with van der Waals surface area (Å²) in [7, 11) is 0. The van der Waals surface area contributed by atoms with Gasteiger partial charge in [-0.2, -0.15) is 13.2 Å². The number of anilines is 1. The second kappa shape index (κ2) is 6.16. The molecule has 0 amide bonds. The first-order chi connectivity index (χ1) is 7.90. The van der Waals surface area contributed by atoms with E-state index in [1.165, 1.54) is 11.8 Å². The third kappa shape index (κ3) is 5.32. The Labute approximate surface area is 102 Å². The molecule has 0 aliphatic carbocycles. The fraction of sp³-hybridized carbons (Fsp3) is 0.455. The Morgan fingerprint density at radius 3 is 2.71 bits per heavy atom. The molecule has 0 saturated carbocycles. The Kier molecular flexibility index (Phi) is 5.14. The molecule has 0 saturated heterocycles. The van der Waals surface area contributed by atoms with E-state index in [9.17, 15) is 13.2 Å². The SMILES string of the molecule is Cc1cccc(SCCOCC(F)(F)F)c1N. The number of hydrogen-bond donors (Lipinski definition) is 1. The van der Waals surface area contributed by atoms with Gasteiger partial charge in [0.2, 0.25) is 0 Å². The molecule has 96 valence electrons. The topological polar surface area (TPSA) is 35.2 Å². The van der Waals surface area contributed by atoms with Gasteiger partial charge in [0.05, 0.1) is 6.61 Å². The van der Waals surface area contributed by atoms with Crippen molar-refractivity contribution >= 4 is 17.4 Å². The van der Waals surface area contributed by atoms with E-state index in [-0.39, 0.29) is 6.61 Å². The van der Waals surface area contributed by atoms with Gasteiger partial charge in [-0.15, -0.1) is 11.8 Å². The van der Waals surface area contributed by atoms with Crippen molar-refractivity contribution in [2.75, 3.05) is 24.7 Å². The molecule has 0 fully saturated rings. The smallest absolute Gasteiger partial charge is 0.398 e. The van der Waals surface area contributed by atoms with E-state index in [4.69, 9.17) is 5.73 Å². The predicted molar refractivity (Wildman–Crippen MR) is 63.2 cm³/mol. The average molecular weight is 265 g/mol. The number of rotatable bonds is 5. The number of nitrogen functional groups attached to an aromatic ring is 1. The third-order valence-corrected chi connectivity index (χ3v) is 3.07. The molecule has 1 rings (SSSR count). The zero-order valence-corrected chi connectivity index (χ0v) is 10.2. The van der Waals surface area contributed by atoms with Gasteiger partial charge in [-0.3, -0.25) is 0 Å². The number of aryl methyl sites for hydroxylation is 1. The van der Waals surface area contributed by atoms with Crippen molar-refractivity contribution in [3.05, 3.63) is 23.8 Å². The van der Waals surface area contributed by atoms with Gasteiger partial charge in [-0.05, 0) is 18.6 Å². The minimum Gasteiger partial charge on any atom is -0.398 e. The van der Waals surface area contributed by atoms with Crippen molar-refractivity contribution in [2.24, 2.45) is 0 Å². The Morgan fingerprint density at radius 2 is 2.06 bits per heavy atom. The van der Waals surface area contributed by atoms with Crippen LogP contribution in [-0.4, -0.2) is 25.1 Å². The molecule has 1 aromatic carbocycles. The van der Waals surface area contributed by atoms with Gasteiger partial charge >= 0.3 is 6.18 Å². The molecule has 0 atom stereocenters. The number of para-hydroxylation sites is 1. The molecule has 0 bridgehead atoms. The lowest BCUT2D eigenvalue weighted by molar-refractivity contribution is -0.172. The van der Waals surface area contributed by atoms with Gasteiger partial charge in [0, 0.05) is 16.3 Å². The molecule has 2 N–H and O–H groups in total. The van der Waals surface area contributed by atoms with Crippen LogP contribution >= 0.6 is 11.8 Å². The molecule has 0 spiro atoms. The average Bonchev–Trinajstić information content (AvgIpc) is 2.22. The number of halogens is 3. The summed E-state index contributed by atoms with van der Waals surface area (Å²) in [5, 5.41) is 0. The Balaban J connectivity index is 2.29. The predicted octanol–water partition coefficient (Wildman–Crippen LogP) is 3.25. The van der Waals surface area contributed by atoms with E-state index < -0.39 is 12.8 Å². The molecule has 0 aliphatic heterocycles. The van der Waals surface area contributed by atoms with Gasteiger partial charge < -0.3 is 10.5 Å². The first-order valence-electron chi connectivity index (χ1n) is 5.02. The molecule has 0 unspecified atom stereocenters. The van der Waals surface area contributed by atoms with Crippen LogP contribution in [0.3, 0.4) is 0 Å². The number of nitrogens with two attached hydrogens (primary N) is 1. The van der Waals surface area contributed by atoms with Crippen molar-refractivity contribution < 1.29 is 17.9 Å². The first-order valence-corrected chi connectivity index (χ1v) is 6.01. The fourth-order valence-electron chi connectivity index (χ4n) is 1.18. The number of alkyl halides is 3. The highest BCUT2D eigenvalue weighted by atomic mass is 32.2. The number of hydrogen-bond acceptors (Lipinski definition) is 3. The van der Waals surface area contributed by atoms with Crippen LogP contribution in [0.1, 0.15) is 5.56 Å². The maximum atomic E-state index is 11.8. The first kappa shape index (κ1) is 14.2. The minimum absolute atomic E-state index is 0.0531. The highest BCUT2D eigenvalue weighted by molar-refractivity contribution is 7.99. The Bertz CT molecular complexity index is 368. The van der Waals surface area contributed by atoms with Crippen molar-refractivity contribution in [3.63, 3.8) is 0 Å². The Hall–Kier alpha value is -0.880. The minimum atomic E-state index is -4.26. The quantitative estimate of drug-likeness (QED) is 0.504. The molecular formula is C11H14F3NOS. The van der Waals surface area contributed by atoms with Crippen molar-refractivity contribution in [3.8, 4) is 0 Å². The van der Waals surface area contributed by atoms with E-state index in [0.717, 1.165) is 10.5 Å². The largest absolute Gasteiger partial charge is 0.411 e. The summed E-state index contributed by atoms with van der Waals surface area (Å²) in [4.78, 5) is 0.876. The summed E-state index contributed by atoms with van der Waals surface area (Å²) in [6, 6.07) is 5.60. The fourth-order valence-corrected chi connectivity index (χ4v) is 2.09. The molecule has 2 nitrogen and oxygen atoms in total. The van der Waals surface area contributed by atoms with Gasteiger partial charge in [-0.1, -0.05) is 12.1 Å². The van der Waals surface area contributed by atoms with Gasteiger partial charge in [0.15, 0.2) is 0 Å². The lowest BCUT2D eigenvalue weighted by Gasteiger charge is -2.09. The van der Waals surface area contributed by atoms with Crippen molar-refractivity contribution in [2.45, 2.75) is 18.0 Å². The standard InChI is InChI=1S/C11H14F3NOS/c1-8-3-2-4-9(10(8)15)17-6-5-16-7-11(12,13)14/h2-4H,5-7,15H2,1H3. The summed E-state index contributed by atoms with van der Waals surface area (Å²) in [6.45, 7) is 0.744. The van der Waals surface area contributed by atoms with E-state index in [1.54, 1.807) is 0 Å². The zero-order valence-electron chi connectivity index (χ0n) is 9.38. The van der Waals surface area contributed by atoms with Crippen LogP contribution in [0.4, 0.5) is 18.9 Å². The molecule has 6 heteroatoms. The molecule has 0 heterocycles. The summed E-state index contributed by atoms with van der Waals surface area (Å²) in [5.74, 6) is 0.448. The van der Waals surface area contributed by atoms with Crippen LogP contribution in [-0.2, 0) is 4.74 Å². The summed E-state index contributed by atoms with van der Waals surface area (Å²) in [6.07, 6.45) is -4.26. The number of ether oxygens (including phenoxy) is 1. The molecule has 1 aromatic rings. The number of thioether (sulfide) groups is 1. The maximum absolute atomic E-state index is 11.8. The molecule has 0 aliphatic rings. The van der Waals surface area contributed by atoms with E-state index in [2.05, 4.69) is 4.74 Å². The van der Waals surface area contributed by atoms with Crippen LogP contribution in [0.2, 0.25) is 0 Å². The van der Waals surface area contributed by atoms with Crippen molar-refractivity contribution in [1.29, 1.82) is 0 Å². The van der Waals surface area contributed by atoms with Gasteiger partial charge in [0.25, 0.3) is 0 Å². The second-order valence-corrected chi connectivity index (χ2v) is 4.64. The summed E-state index contributed by atoms with van der Waals surface area (Å²) >= 11 is 1.39. The molecule has 0 aromatic heterocycles. The lowest BCUT2D eigenvalue weighted by atomic mass is 10.2. The van der Waals surface area contributed by atoms with E-state index in [1.807, 2.05) is 25.1 Å². The van der Waals surface area contributed by atoms with Crippen molar-refractivity contribution in [1.82, 2.24) is 0 Å². The highest BCUT2D eigenvalue weighted by Crippen LogP contribution is 2.27. The summed E-state index contributed by atoms with van der Waals surface area (Å²) in [5.41, 5.74) is 7.46. The lowest BCUT2D eigenvalue weighted by Crippen LogP contribution is -2.17. The second-order valence-electron chi connectivity index (χ2n) is 3.50. The zero-order chi connectivity index (χ0) is 12.9. The van der Waals surface area contributed by atoms with Crippen LogP contribution in [0.5, 0.6) is 0 Å². The van der Waals surface area contributed by atoms with E-state index >= 15 is 0 Å². The Morgan fingerprint density at radius 1 is 1.35 bits per heavy atom. The van der Waals surface area contributed by atoms with Crippen LogP contribution in [0.15, 0.2) is 23.1 Å². The molecular weight excluding hydrogens is 251 g/mol. The van der Waals surface area contributed by atoms with E-state index in [0.29, 0.717) is 11.4 Å². The highest BCUT2D eigenvalue weighted by Gasteiger charge is 2.27. The van der Waals surface area contributed by atoms with Gasteiger partial charge in [0.1, 0.15) is 6.61 Å². The van der Waals surface area contributed by atoms with Crippen LogP contribution in [0, 0.1) is 6.92 Å². The molecule has 17 heavy (non-hydrogen) atoms. The monoisotopic (exact) mass is 265 g/mol. The maximum Gasteiger partial charge on any atom is 0.411 e.